The Morgan fingerprint density at radius 3 is 2.50 bits per heavy atom. The van der Waals surface area contributed by atoms with Gasteiger partial charge in [-0.2, -0.15) is 0 Å². The van der Waals surface area contributed by atoms with Crippen molar-refractivity contribution >= 4 is 11.7 Å². The normalized spacial score (nSPS) is 8.93. The van der Waals surface area contributed by atoms with Gasteiger partial charge in [0.15, 0.2) is 0 Å². The minimum Gasteiger partial charge on any atom is -0.478 e. The molecule has 0 spiro atoms. The minimum atomic E-state index is -1.15. The van der Waals surface area contributed by atoms with E-state index in [1.165, 1.54) is 12.1 Å². The molecule has 0 fully saturated rings. The van der Waals surface area contributed by atoms with Crippen LogP contribution in [0.2, 0.25) is 0 Å². The third-order valence-corrected chi connectivity index (χ3v) is 1.66. The average Bonchev–Trinajstić information content (AvgIpc) is 2.04. The number of hydrogen-bond donors (Lipinski definition) is 2. The van der Waals surface area contributed by atoms with Gasteiger partial charge in [0.05, 0.1) is 10.5 Å². The number of aromatic carboxylic acids is 1. The second-order valence-electron chi connectivity index (χ2n) is 2.56. The Hall–Kier alpha value is -1.95. The van der Waals surface area contributed by atoms with Crippen LogP contribution in [0.15, 0.2) is 18.2 Å². The smallest absolute Gasteiger partial charge is 0.336 e. The van der Waals surface area contributed by atoms with E-state index < -0.39 is 10.9 Å². The Bertz CT molecular complexity index is 376. The van der Waals surface area contributed by atoms with E-state index in [0.29, 0.717) is 5.56 Å². The highest BCUT2D eigenvalue weighted by molar-refractivity contribution is 5.90. The van der Waals surface area contributed by atoms with Crippen molar-refractivity contribution in [3.8, 4) is 0 Å². The van der Waals surface area contributed by atoms with Gasteiger partial charge >= 0.3 is 5.97 Å². The molecule has 1 aromatic carbocycles. The number of carboxylic acid groups (broad SMARTS) is 1. The Morgan fingerprint density at radius 2 is 2.07 bits per heavy atom. The summed E-state index contributed by atoms with van der Waals surface area (Å²) in [6, 6.07) is 3.75. The van der Waals surface area contributed by atoms with Gasteiger partial charge in [0.2, 0.25) is 0 Å². The number of carboxylic acids is 1. The van der Waals surface area contributed by atoms with Crippen LogP contribution in [0, 0.1) is 17.0 Å². The van der Waals surface area contributed by atoms with Crippen LogP contribution in [-0.2, 0) is 0 Å². The van der Waals surface area contributed by atoms with E-state index in [1.54, 1.807) is 6.92 Å². The number of nitrogens with zero attached hydrogens (tertiary/aromatic N) is 1. The fourth-order valence-electron chi connectivity index (χ4n) is 0.954. The fourth-order valence-corrected chi connectivity index (χ4v) is 0.954. The molecule has 0 aromatic heterocycles. The van der Waals surface area contributed by atoms with Crippen LogP contribution in [0.25, 0.3) is 0 Å². The van der Waals surface area contributed by atoms with Crippen LogP contribution < -0.4 is 6.15 Å². The molecule has 6 nitrogen and oxygen atoms in total. The molecule has 0 aliphatic carbocycles. The molecule has 1 aromatic rings. The number of nitro groups is 1. The number of carbonyl (C=O) groups is 1. The lowest BCUT2D eigenvalue weighted by Crippen LogP contribution is -2.00. The van der Waals surface area contributed by atoms with Crippen molar-refractivity contribution in [2.75, 3.05) is 0 Å². The molecule has 1 rings (SSSR count). The molecular weight excluding hydrogens is 188 g/mol. The number of non-ortho nitro benzene ring substituents is 1. The lowest BCUT2D eigenvalue weighted by atomic mass is 10.1. The molecule has 0 aliphatic heterocycles. The van der Waals surface area contributed by atoms with E-state index in [1.807, 2.05) is 0 Å². The predicted octanol–water partition coefficient (Wildman–Crippen LogP) is 1.76. The fraction of sp³-hybridized carbons (Fsp3) is 0.125. The molecule has 0 atom stereocenters. The van der Waals surface area contributed by atoms with E-state index >= 15 is 0 Å². The first-order chi connectivity index (χ1) is 6.02. The summed E-state index contributed by atoms with van der Waals surface area (Å²) in [4.78, 5) is 20.3. The van der Waals surface area contributed by atoms with Crippen molar-refractivity contribution in [2.24, 2.45) is 0 Å². The van der Waals surface area contributed by atoms with Gasteiger partial charge in [0.25, 0.3) is 5.69 Å². The molecule has 6 heteroatoms. The number of benzene rings is 1. The molecule has 4 N–H and O–H groups in total. The summed E-state index contributed by atoms with van der Waals surface area (Å²) >= 11 is 0. The van der Waals surface area contributed by atoms with Crippen LogP contribution in [-0.4, -0.2) is 16.0 Å². The largest absolute Gasteiger partial charge is 0.478 e. The second-order valence-corrected chi connectivity index (χ2v) is 2.56. The van der Waals surface area contributed by atoms with E-state index in [-0.39, 0.29) is 17.4 Å². The number of hydrogen-bond acceptors (Lipinski definition) is 4. The maximum absolute atomic E-state index is 10.6. The molecule has 0 bridgehead atoms. The molecule has 76 valence electrons. The van der Waals surface area contributed by atoms with Crippen LogP contribution >= 0.6 is 0 Å². The first-order valence-corrected chi connectivity index (χ1v) is 3.50. The van der Waals surface area contributed by atoms with Crippen molar-refractivity contribution in [2.45, 2.75) is 6.92 Å². The van der Waals surface area contributed by atoms with E-state index in [9.17, 15) is 14.9 Å². The molecular formula is C8H10N2O4. The maximum atomic E-state index is 10.6. The first kappa shape index (κ1) is 12.0. The van der Waals surface area contributed by atoms with Gasteiger partial charge in [-0.25, -0.2) is 4.79 Å². The lowest BCUT2D eigenvalue weighted by molar-refractivity contribution is -0.384. The summed E-state index contributed by atoms with van der Waals surface area (Å²) < 4.78 is 0. The Balaban J connectivity index is 0.00000169. The van der Waals surface area contributed by atoms with Crippen molar-refractivity contribution in [3.05, 3.63) is 39.4 Å². The minimum absolute atomic E-state index is 0. The summed E-state index contributed by atoms with van der Waals surface area (Å²) in [5.41, 5.74) is 0.273. The molecule has 0 unspecified atom stereocenters. The van der Waals surface area contributed by atoms with Gasteiger partial charge in [-0.15, -0.1) is 0 Å². The molecule has 0 amide bonds. The Morgan fingerprint density at radius 1 is 1.50 bits per heavy atom. The van der Waals surface area contributed by atoms with E-state index in [4.69, 9.17) is 5.11 Å². The Labute approximate surface area is 79.9 Å². The highest BCUT2D eigenvalue weighted by Gasteiger charge is 2.12. The predicted molar refractivity (Wildman–Crippen MR) is 49.8 cm³/mol. The quantitative estimate of drug-likeness (QED) is 0.554. The first-order valence-electron chi connectivity index (χ1n) is 3.50. The average molecular weight is 198 g/mol. The van der Waals surface area contributed by atoms with Gasteiger partial charge in [0.1, 0.15) is 0 Å². The molecule has 14 heavy (non-hydrogen) atoms. The molecule has 0 saturated carbocycles. The topological polar surface area (TPSA) is 115 Å². The zero-order valence-electron chi connectivity index (χ0n) is 7.56. The summed E-state index contributed by atoms with van der Waals surface area (Å²) in [6.45, 7) is 1.59. The van der Waals surface area contributed by atoms with Gasteiger partial charge in [0, 0.05) is 12.1 Å². The third kappa shape index (κ3) is 2.27. The summed E-state index contributed by atoms with van der Waals surface area (Å²) in [6.07, 6.45) is 0. The van der Waals surface area contributed by atoms with Crippen molar-refractivity contribution in [3.63, 3.8) is 0 Å². The molecule has 0 radical (unpaired) electrons. The van der Waals surface area contributed by atoms with Crippen LogP contribution in [0.4, 0.5) is 5.69 Å². The van der Waals surface area contributed by atoms with Crippen LogP contribution in [0.3, 0.4) is 0 Å². The van der Waals surface area contributed by atoms with Gasteiger partial charge in [-0.1, -0.05) is 6.07 Å². The zero-order valence-corrected chi connectivity index (χ0v) is 7.56. The van der Waals surface area contributed by atoms with Gasteiger partial charge in [-0.05, 0) is 12.5 Å². The van der Waals surface area contributed by atoms with Crippen molar-refractivity contribution < 1.29 is 14.8 Å². The maximum Gasteiger partial charge on any atom is 0.336 e. The lowest BCUT2D eigenvalue weighted by Gasteiger charge is -1.98. The number of nitro benzene ring substituents is 1. The van der Waals surface area contributed by atoms with Crippen molar-refractivity contribution in [1.29, 1.82) is 0 Å². The van der Waals surface area contributed by atoms with Crippen molar-refractivity contribution in [1.82, 2.24) is 6.15 Å². The molecule has 0 heterocycles. The van der Waals surface area contributed by atoms with Crippen LogP contribution in [0.5, 0.6) is 0 Å². The zero-order chi connectivity index (χ0) is 10.0. The molecule has 0 aliphatic rings. The second kappa shape index (κ2) is 4.33. The third-order valence-electron chi connectivity index (χ3n) is 1.66. The summed E-state index contributed by atoms with van der Waals surface area (Å²) in [5, 5.41) is 18.9. The SMILES string of the molecule is Cc1ccc([N+](=O)[O-])cc1C(=O)O.N. The van der Waals surface area contributed by atoms with Gasteiger partial charge in [-0.3, -0.25) is 10.1 Å². The van der Waals surface area contributed by atoms with E-state index in [2.05, 4.69) is 0 Å². The summed E-state index contributed by atoms with van der Waals surface area (Å²) in [5.74, 6) is -1.15. The van der Waals surface area contributed by atoms with Crippen LogP contribution in [0.1, 0.15) is 15.9 Å². The summed E-state index contributed by atoms with van der Waals surface area (Å²) in [7, 11) is 0. The Kier molecular flexibility index (Phi) is 3.73. The van der Waals surface area contributed by atoms with Gasteiger partial charge < -0.3 is 11.3 Å². The highest BCUT2D eigenvalue weighted by atomic mass is 16.6. The monoisotopic (exact) mass is 198 g/mol. The number of aryl methyl sites for hydroxylation is 1. The van der Waals surface area contributed by atoms with E-state index in [0.717, 1.165) is 6.07 Å². The highest BCUT2D eigenvalue weighted by Crippen LogP contribution is 2.16. The standard InChI is InChI=1S/C8H7NO4.H3N/c1-5-2-3-6(9(12)13)4-7(5)8(10)11;/h2-4H,1H3,(H,10,11);1H3. The molecule has 0 saturated heterocycles. The number of rotatable bonds is 2.